The molecule has 4 heteroatoms. The third-order valence-corrected chi connectivity index (χ3v) is 4.60. The quantitative estimate of drug-likeness (QED) is 0.806. The van der Waals surface area contributed by atoms with Crippen LogP contribution in [-0.4, -0.2) is 33.0 Å². The Bertz CT molecular complexity index is 300. The van der Waals surface area contributed by atoms with Crippen molar-refractivity contribution in [2.24, 2.45) is 11.8 Å². The van der Waals surface area contributed by atoms with Crippen LogP contribution in [0.5, 0.6) is 0 Å². The summed E-state index contributed by atoms with van der Waals surface area (Å²) in [6.45, 7) is 5.11. The van der Waals surface area contributed by atoms with Gasteiger partial charge in [0.05, 0.1) is 5.75 Å². The summed E-state index contributed by atoms with van der Waals surface area (Å²) in [6, 6.07) is 0.593. The molecule has 0 aromatic carbocycles. The summed E-state index contributed by atoms with van der Waals surface area (Å²) < 4.78 is 22.3. The van der Waals surface area contributed by atoms with E-state index in [0.717, 1.165) is 12.5 Å². The molecule has 3 atom stereocenters. The van der Waals surface area contributed by atoms with Crippen LogP contribution < -0.4 is 5.32 Å². The minimum atomic E-state index is -2.83. The van der Waals surface area contributed by atoms with E-state index in [2.05, 4.69) is 12.2 Å². The molecule has 1 N–H and O–H groups in total. The van der Waals surface area contributed by atoms with Crippen LogP contribution in [0.2, 0.25) is 0 Å². The molecular weight excluding hydrogens is 222 g/mol. The number of nitrogens with one attached hydrogen (secondary N) is 1. The summed E-state index contributed by atoms with van der Waals surface area (Å²) in [5, 5.41) is 3.53. The van der Waals surface area contributed by atoms with Gasteiger partial charge in [0, 0.05) is 12.3 Å². The highest BCUT2D eigenvalue weighted by Crippen LogP contribution is 2.23. The fourth-order valence-electron chi connectivity index (χ4n) is 2.55. The van der Waals surface area contributed by atoms with Crippen molar-refractivity contribution in [2.45, 2.75) is 45.6 Å². The lowest BCUT2D eigenvalue weighted by molar-refractivity contribution is 0.273. The number of rotatable bonds is 5. The maximum absolute atomic E-state index is 11.1. The zero-order chi connectivity index (χ0) is 12.2. The van der Waals surface area contributed by atoms with Crippen LogP contribution in [0.1, 0.15) is 39.5 Å². The molecule has 3 nitrogen and oxygen atoms in total. The fourth-order valence-corrected chi connectivity index (χ4v) is 3.70. The molecule has 0 amide bonds. The van der Waals surface area contributed by atoms with Crippen LogP contribution in [0.25, 0.3) is 0 Å². The monoisotopic (exact) mass is 247 g/mol. The second kappa shape index (κ2) is 6.01. The fraction of sp³-hybridized carbons (Fsp3) is 1.00. The van der Waals surface area contributed by atoms with Crippen LogP contribution in [0, 0.1) is 11.8 Å². The molecule has 16 heavy (non-hydrogen) atoms. The van der Waals surface area contributed by atoms with E-state index >= 15 is 0 Å². The topological polar surface area (TPSA) is 46.2 Å². The summed E-state index contributed by atoms with van der Waals surface area (Å²) in [4.78, 5) is 0. The highest BCUT2D eigenvalue weighted by atomic mass is 32.2. The highest BCUT2D eigenvalue weighted by molar-refractivity contribution is 7.90. The largest absolute Gasteiger partial charge is 0.313 e. The highest BCUT2D eigenvalue weighted by Gasteiger charge is 2.21. The van der Waals surface area contributed by atoms with Crippen LogP contribution >= 0.6 is 0 Å². The molecule has 1 rings (SSSR count). The van der Waals surface area contributed by atoms with Gasteiger partial charge in [0.25, 0.3) is 0 Å². The van der Waals surface area contributed by atoms with Gasteiger partial charge in [-0.2, -0.15) is 0 Å². The van der Waals surface area contributed by atoms with Crippen LogP contribution in [0.15, 0.2) is 0 Å². The number of hydrogen-bond donors (Lipinski definition) is 1. The van der Waals surface area contributed by atoms with E-state index in [9.17, 15) is 8.42 Å². The van der Waals surface area contributed by atoms with Crippen molar-refractivity contribution in [1.82, 2.24) is 5.32 Å². The van der Waals surface area contributed by atoms with Gasteiger partial charge in [-0.1, -0.05) is 26.7 Å². The Hall–Kier alpha value is -0.0900. The van der Waals surface area contributed by atoms with E-state index in [1.165, 1.54) is 31.9 Å². The van der Waals surface area contributed by atoms with E-state index in [0.29, 0.717) is 11.8 Å². The molecule has 0 radical (unpaired) electrons. The van der Waals surface area contributed by atoms with Crippen LogP contribution in [0.4, 0.5) is 0 Å². The average molecular weight is 247 g/mol. The van der Waals surface area contributed by atoms with E-state index in [1.54, 1.807) is 0 Å². The summed E-state index contributed by atoms with van der Waals surface area (Å²) >= 11 is 0. The molecule has 1 fully saturated rings. The van der Waals surface area contributed by atoms with Gasteiger partial charge < -0.3 is 5.32 Å². The van der Waals surface area contributed by atoms with Crippen molar-refractivity contribution in [2.75, 3.05) is 18.6 Å². The molecule has 0 spiro atoms. The summed E-state index contributed by atoms with van der Waals surface area (Å²) in [6.07, 6.45) is 6.51. The van der Waals surface area contributed by atoms with Crippen molar-refractivity contribution >= 4 is 9.84 Å². The standard InChI is InChI=1S/C12H25NO2S/c1-10(9-16(3,14)15)8-13-12-7-5-4-6-11(12)2/h10-13H,4-9H2,1-3H3/t10-,11+,12-/m1/s1. The lowest BCUT2D eigenvalue weighted by Crippen LogP contribution is -2.40. The molecule has 1 aliphatic carbocycles. The van der Waals surface area contributed by atoms with Gasteiger partial charge in [-0.3, -0.25) is 0 Å². The molecule has 0 unspecified atom stereocenters. The number of hydrogen-bond acceptors (Lipinski definition) is 3. The van der Waals surface area contributed by atoms with Gasteiger partial charge >= 0.3 is 0 Å². The second-order valence-electron chi connectivity index (χ2n) is 5.47. The first kappa shape index (κ1) is 14.0. The Kier molecular flexibility index (Phi) is 5.25. The van der Waals surface area contributed by atoms with Gasteiger partial charge in [-0.25, -0.2) is 8.42 Å². The van der Waals surface area contributed by atoms with E-state index in [4.69, 9.17) is 0 Å². The SMILES string of the molecule is C[C@H](CN[C@@H]1CCCC[C@@H]1C)CS(C)(=O)=O. The predicted molar refractivity (Wildman–Crippen MR) is 68.3 cm³/mol. The Morgan fingerprint density at radius 2 is 1.94 bits per heavy atom. The maximum atomic E-state index is 11.1. The minimum absolute atomic E-state index is 0.212. The second-order valence-corrected chi connectivity index (χ2v) is 7.66. The van der Waals surface area contributed by atoms with Gasteiger partial charge in [0.15, 0.2) is 0 Å². The Labute approximate surface area is 99.9 Å². The summed E-state index contributed by atoms with van der Waals surface area (Å²) in [5.74, 6) is 1.24. The van der Waals surface area contributed by atoms with Gasteiger partial charge in [0.1, 0.15) is 9.84 Å². The first-order valence-electron chi connectivity index (χ1n) is 6.29. The van der Waals surface area contributed by atoms with Crippen molar-refractivity contribution in [3.63, 3.8) is 0 Å². The zero-order valence-electron chi connectivity index (χ0n) is 10.7. The van der Waals surface area contributed by atoms with E-state index in [-0.39, 0.29) is 5.92 Å². The molecular formula is C12H25NO2S. The van der Waals surface area contributed by atoms with Crippen molar-refractivity contribution in [1.29, 1.82) is 0 Å². The van der Waals surface area contributed by atoms with Gasteiger partial charge in [-0.05, 0) is 31.2 Å². The van der Waals surface area contributed by atoms with Crippen molar-refractivity contribution in [3.8, 4) is 0 Å². The smallest absolute Gasteiger partial charge is 0.147 e. The molecule has 0 aliphatic heterocycles. The van der Waals surface area contributed by atoms with Crippen LogP contribution in [0.3, 0.4) is 0 Å². The van der Waals surface area contributed by atoms with Gasteiger partial charge in [-0.15, -0.1) is 0 Å². The molecule has 0 bridgehead atoms. The molecule has 0 aromatic rings. The normalized spacial score (nSPS) is 28.9. The Morgan fingerprint density at radius 1 is 1.31 bits per heavy atom. The third kappa shape index (κ3) is 5.30. The van der Waals surface area contributed by atoms with Gasteiger partial charge in [0.2, 0.25) is 0 Å². The van der Waals surface area contributed by atoms with E-state index < -0.39 is 9.84 Å². The molecule has 1 aliphatic rings. The predicted octanol–water partition coefficient (Wildman–Crippen LogP) is 1.84. The minimum Gasteiger partial charge on any atom is -0.313 e. The zero-order valence-corrected chi connectivity index (χ0v) is 11.5. The number of sulfone groups is 1. The lowest BCUT2D eigenvalue weighted by Gasteiger charge is -2.30. The molecule has 1 saturated carbocycles. The van der Waals surface area contributed by atoms with Crippen LogP contribution in [-0.2, 0) is 9.84 Å². The maximum Gasteiger partial charge on any atom is 0.147 e. The molecule has 0 heterocycles. The average Bonchev–Trinajstić information content (AvgIpc) is 2.14. The summed E-state index contributed by atoms with van der Waals surface area (Å²) in [5.41, 5.74) is 0. The summed E-state index contributed by atoms with van der Waals surface area (Å²) in [7, 11) is -2.83. The van der Waals surface area contributed by atoms with Crippen molar-refractivity contribution in [3.05, 3.63) is 0 Å². The first-order chi connectivity index (χ1) is 7.38. The molecule has 0 saturated heterocycles. The Morgan fingerprint density at radius 3 is 2.50 bits per heavy atom. The molecule has 96 valence electrons. The Balaban J connectivity index is 2.28. The third-order valence-electron chi connectivity index (χ3n) is 3.43. The van der Waals surface area contributed by atoms with Crippen molar-refractivity contribution < 1.29 is 8.42 Å². The van der Waals surface area contributed by atoms with E-state index in [1.807, 2.05) is 6.92 Å². The first-order valence-corrected chi connectivity index (χ1v) is 8.35. The molecule has 0 aromatic heterocycles. The lowest BCUT2D eigenvalue weighted by atomic mass is 9.86.